The molecule has 0 saturated heterocycles. The number of nitrogens with one attached hydrogen (secondary N) is 1. The van der Waals surface area contributed by atoms with Crippen LogP contribution in [0, 0.1) is 5.92 Å². The van der Waals surface area contributed by atoms with Crippen LogP contribution in [0.5, 0.6) is 0 Å². The molecule has 2 rings (SSSR count). The van der Waals surface area contributed by atoms with Crippen molar-refractivity contribution in [2.24, 2.45) is 5.92 Å². The van der Waals surface area contributed by atoms with Gasteiger partial charge in [0.25, 0.3) is 0 Å². The van der Waals surface area contributed by atoms with Crippen LogP contribution in [0.25, 0.3) is 0 Å². The van der Waals surface area contributed by atoms with Gasteiger partial charge in [0.2, 0.25) is 0 Å². The van der Waals surface area contributed by atoms with E-state index in [1.54, 1.807) is 0 Å². The lowest BCUT2D eigenvalue weighted by atomic mass is 9.83. The van der Waals surface area contributed by atoms with Crippen LogP contribution in [-0.4, -0.2) is 12.6 Å². The predicted octanol–water partition coefficient (Wildman–Crippen LogP) is 3.79. The van der Waals surface area contributed by atoms with Crippen LogP contribution in [0.1, 0.15) is 44.6 Å². The zero-order valence-corrected chi connectivity index (χ0v) is 11.0. The Morgan fingerprint density at radius 2 is 1.88 bits per heavy atom. The molecule has 2 unspecified atom stereocenters. The van der Waals surface area contributed by atoms with E-state index >= 15 is 0 Å². The molecule has 1 aromatic rings. The molecule has 1 aliphatic carbocycles. The van der Waals surface area contributed by atoms with Gasteiger partial charge in [-0.05, 0) is 37.3 Å². The minimum Gasteiger partial charge on any atom is -0.313 e. The Labute approximate surface area is 106 Å². The molecule has 2 atom stereocenters. The lowest BCUT2D eigenvalue weighted by Gasteiger charge is -2.31. The minimum absolute atomic E-state index is 0.775. The van der Waals surface area contributed by atoms with Crippen LogP contribution >= 0.6 is 0 Å². The van der Waals surface area contributed by atoms with Crippen molar-refractivity contribution in [1.29, 1.82) is 0 Å². The highest BCUT2D eigenvalue weighted by molar-refractivity contribution is 5.14. The lowest BCUT2D eigenvalue weighted by molar-refractivity contribution is 0.257. The van der Waals surface area contributed by atoms with Gasteiger partial charge in [-0.2, -0.15) is 0 Å². The predicted molar refractivity (Wildman–Crippen MR) is 74.2 cm³/mol. The first-order valence-electron chi connectivity index (χ1n) is 7.17. The van der Waals surface area contributed by atoms with Crippen LogP contribution < -0.4 is 5.32 Å². The third-order valence-corrected chi connectivity index (χ3v) is 4.10. The first-order valence-corrected chi connectivity index (χ1v) is 7.17. The smallest absolute Gasteiger partial charge is 0.00953 e. The van der Waals surface area contributed by atoms with Gasteiger partial charge in [-0.15, -0.1) is 0 Å². The highest BCUT2D eigenvalue weighted by atomic mass is 14.9. The molecular weight excluding hydrogens is 206 g/mol. The molecule has 0 radical (unpaired) electrons. The van der Waals surface area contributed by atoms with Gasteiger partial charge in [-0.25, -0.2) is 0 Å². The van der Waals surface area contributed by atoms with Crippen LogP contribution in [0.4, 0.5) is 0 Å². The Bertz CT molecular complexity index is 307. The van der Waals surface area contributed by atoms with Crippen LogP contribution in [0.2, 0.25) is 0 Å². The summed E-state index contributed by atoms with van der Waals surface area (Å²) in [6, 6.07) is 11.6. The van der Waals surface area contributed by atoms with Crippen LogP contribution in [-0.2, 0) is 6.42 Å². The second-order valence-electron chi connectivity index (χ2n) is 5.25. The summed E-state index contributed by atoms with van der Waals surface area (Å²) in [5.41, 5.74) is 1.45. The lowest BCUT2D eigenvalue weighted by Crippen LogP contribution is -2.39. The molecule has 1 N–H and O–H groups in total. The van der Waals surface area contributed by atoms with Gasteiger partial charge < -0.3 is 5.32 Å². The van der Waals surface area contributed by atoms with Gasteiger partial charge in [0, 0.05) is 6.04 Å². The summed E-state index contributed by atoms with van der Waals surface area (Å²) in [6.07, 6.45) is 8.17. The van der Waals surface area contributed by atoms with Gasteiger partial charge in [-0.3, -0.25) is 0 Å². The summed E-state index contributed by atoms with van der Waals surface area (Å²) >= 11 is 0. The molecule has 0 bridgehead atoms. The summed E-state index contributed by atoms with van der Waals surface area (Å²) < 4.78 is 0. The van der Waals surface area contributed by atoms with Gasteiger partial charge in [0.05, 0.1) is 0 Å². The van der Waals surface area contributed by atoms with E-state index in [-0.39, 0.29) is 0 Å². The van der Waals surface area contributed by atoms with Crippen LogP contribution in [0.15, 0.2) is 30.3 Å². The van der Waals surface area contributed by atoms with Crippen molar-refractivity contribution < 1.29 is 0 Å². The molecule has 17 heavy (non-hydrogen) atoms. The van der Waals surface area contributed by atoms with Crippen molar-refractivity contribution in [3.05, 3.63) is 35.9 Å². The van der Waals surface area contributed by atoms with E-state index in [9.17, 15) is 0 Å². The summed E-state index contributed by atoms with van der Waals surface area (Å²) in [5, 5.41) is 3.77. The van der Waals surface area contributed by atoms with E-state index in [0.717, 1.165) is 24.9 Å². The maximum atomic E-state index is 3.77. The maximum absolute atomic E-state index is 3.77. The normalized spacial score (nSPS) is 24.8. The van der Waals surface area contributed by atoms with E-state index in [1.807, 2.05) is 0 Å². The Morgan fingerprint density at radius 1 is 1.12 bits per heavy atom. The third kappa shape index (κ3) is 3.85. The number of hydrogen-bond donors (Lipinski definition) is 1. The Balaban J connectivity index is 1.74. The molecular formula is C16H25N. The molecule has 1 nitrogen and oxygen atoms in total. The summed E-state index contributed by atoms with van der Waals surface area (Å²) in [5.74, 6) is 0.916. The molecule has 0 spiro atoms. The summed E-state index contributed by atoms with van der Waals surface area (Å²) in [7, 11) is 0. The average Bonchev–Trinajstić information content (AvgIpc) is 2.40. The second kappa shape index (κ2) is 6.80. The third-order valence-electron chi connectivity index (χ3n) is 4.10. The fourth-order valence-corrected chi connectivity index (χ4v) is 3.01. The number of benzene rings is 1. The first kappa shape index (κ1) is 12.6. The molecule has 1 fully saturated rings. The topological polar surface area (TPSA) is 12.0 Å². The summed E-state index contributed by atoms with van der Waals surface area (Å²) in [4.78, 5) is 0. The molecule has 1 aromatic carbocycles. The second-order valence-corrected chi connectivity index (χ2v) is 5.25. The summed E-state index contributed by atoms with van der Waals surface area (Å²) in [6.45, 7) is 3.47. The van der Waals surface area contributed by atoms with Crippen LogP contribution in [0.3, 0.4) is 0 Å². The van der Waals surface area contributed by atoms with Gasteiger partial charge in [-0.1, -0.05) is 56.5 Å². The van der Waals surface area contributed by atoms with Crippen molar-refractivity contribution >= 4 is 0 Å². The molecule has 1 saturated carbocycles. The van der Waals surface area contributed by atoms with E-state index in [4.69, 9.17) is 0 Å². The van der Waals surface area contributed by atoms with E-state index in [1.165, 1.54) is 37.7 Å². The monoisotopic (exact) mass is 231 g/mol. The van der Waals surface area contributed by atoms with E-state index in [0.29, 0.717) is 0 Å². The molecule has 0 amide bonds. The quantitative estimate of drug-likeness (QED) is 0.813. The van der Waals surface area contributed by atoms with Gasteiger partial charge >= 0.3 is 0 Å². The fraction of sp³-hybridized carbons (Fsp3) is 0.625. The standard InChI is InChI=1S/C16H25N/c1-2-15-10-6-7-11-16(15)17-13-12-14-8-4-3-5-9-14/h3-5,8-9,15-17H,2,6-7,10-13H2,1H3. The van der Waals surface area contributed by atoms with Crippen molar-refractivity contribution in [2.45, 2.75) is 51.5 Å². The molecule has 0 heterocycles. The molecule has 1 aliphatic rings. The van der Waals surface area contributed by atoms with Crippen molar-refractivity contribution in [1.82, 2.24) is 5.32 Å². The fourth-order valence-electron chi connectivity index (χ4n) is 3.01. The highest BCUT2D eigenvalue weighted by Gasteiger charge is 2.22. The molecule has 94 valence electrons. The van der Waals surface area contributed by atoms with Gasteiger partial charge in [0.15, 0.2) is 0 Å². The SMILES string of the molecule is CCC1CCCCC1NCCc1ccccc1. The van der Waals surface area contributed by atoms with Gasteiger partial charge in [0.1, 0.15) is 0 Å². The van der Waals surface area contributed by atoms with E-state index in [2.05, 4.69) is 42.6 Å². The average molecular weight is 231 g/mol. The minimum atomic E-state index is 0.775. The Morgan fingerprint density at radius 3 is 2.65 bits per heavy atom. The van der Waals surface area contributed by atoms with E-state index < -0.39 is 0 Å². The molecule has 0 aliphatic heterocycles. The Hall–Kier alpha value is -0.820. The van der Waals surface area contributed by atoms with Crippen molar-refractivity contribution in [3.8, 4) is 0 Å². The first-order chi connectivity index (χ1) is 8.40. The van der Waals surface area contributed by atoms with Crippen molar-refractivity contribution in [2.75, 3.05) is 6.54 Å². The largest absolute Gasteiger partial charge is 0.313 e. The number of rotatable bonds is 5. The number of hydrogen-bond acceptors (Lipinski definition) is 1. The maximum Gasteiger partial charge on any atom is 0.00953 e. The zero-order valence-electron chi connectivity index (χ0n) is 11.0. The van der Waals surface area contributed by atoms with Crippen molar-refractivity contribution in [3.63, 3.8) is 0 Å². The molecule has 0 aromatic heterocycles. The highest BCUT2D eigenvalue weighted by Crippen LogP contribution is 2.26. The molecule has 1 heteroatoms. The Kier molecular flexibility index (Phi) is 5.06. The zero-order chi connectivity index (χ0) is 11.9.